The molecule has 1 saturated heterocycles. The van der Waals surface area contributed by atoms with Crippen LogP contribution in [0.1, 0.15) is 18.1 Å². The fourth-order valence-corrected chi connectivity index (χ4v) is 3.77. The van der Waals surface area contributed by atoms with Gasteiger partial charge in [-0.15, -0.1) is 24.0 Å². The Hall–Kier alpha value is -2.07. The van der Waals surface area contributed by atoms with E-state index in [1.807, 2.05) is 31.2 Å². The first kappa shape index (κ1) is 21.6. The van der Waals surface area contributed by atoms with E-state index in [2.05, 4.69) is 61.4 Å². The van der Waals surface area contributed by atoms with Gasteiger partial charge in [-0.05, 0) is 23.9 Å². The molecule has 1 aliphatic rings. The summed E-state index contributed by atoms with van der Waals surface area (Å²) in [5.74, 6) is 0.939. The summed E-state index contributed by atoms with van der Waals surface area (Å²) in [7, 11) is 3.77. The van der Waals surface area contributed by atoms with E-state index < -0.39 is 0 Å². The SMILES string of the molecule is CN=C(NCCCn1ccc2ccccc21)N1CCOC(c2cnn(C)c2)C1.I. The van der Waals surface area contributed by atoms with Crippen LogP contribution in [0.2, 0.25) is 0 Å². The van der Waals surface area contributed by atoms with Gasteiger partial charge in [0.1, 0.15) is 6.10 Å². The Morgan fingerprint density at radius 1 is 1.31 bits per heavy atom. The highest BCUT2D eigenvalue weighted by Crippen LogP contribution is 2.21. The molecule has 4 rings (SSSR count). The van der Waals surface area contributed by atoms with Crippen molar-refractivity contribution < 1.29 is 4.74 Å². The Labute approximate surface area is 188 Å². The quantitative estimate of drug-likeness (QED) is 0.249. The second-order valence-electron chi connectivity index (χ2n) is 7.15. The number of ether oxygens (including phenoxy) is 1. The largest absolute Gasteiger partial charge is 0.370 e. The minimum atomic E-state index is 0. The molecule has 1 N–H and O–H groups in total. The zero-order valence-electron chi connectivity index (χ0n) is 17.0. The number of hydrogen-bond acceptors (Lipinski definition) is 3. The number of fused-ring (bicyclic) bond motifs is 1. The van der Waals surface area contributed by atoms with Gasteiger partial charge in [-0.1, -0.05) is 18.2 Å². The molecule has 0 radical (unpaired) electrons. The van der Waals surface area contributed by atoms with Crippen LogP contribution in [-0.4, -0.2) is 58.5 Å². The lowest BCUT2D eigenvalue weighted by molar-refractivity contribution is -0.00802. The molecule has 1 atom stereocenters. The standard InChI is InChI=1S/C21H28N6O.HI/c1-22-21(27-12-13-28-20(16-27)18-14-24-25(2)15-18)23-9-5-10-26-11-8-17-6-3-4-7-19(17)26;/h3-4,6-8,11,14-15,20H,5,9-10,12-13,16H2,1-2H3,(H,22,23);1H. The number of aryl methyl sites for hydroxylation is 2. The molecule has 0 spiro atoms. The molecule has 1 fully saturated rings. The number of hydrogen-bond donors (Lipinski definition) is 1. The molecule has 2 aromatic heterocycles. The van der Waals surface area contributed by atoms with Crippen molar-refractivity contribution in [1.82, 2.24) is 24.6 Å². The van der Waals surface area contributed by atoms with Crippen LogP contribution in [0.5, 0.6) is 0 Å². The van der Waals surface area contributed by atoms with Gasteiger partial charge in [-0.2, -0.15) is 5.10 Å². The number of halogens is 1. The second-order valence-corrected chi connectivity index (χ2v) is 7.15. The number of aromatic nitrogens is 3. The van der Waals surface area contributed by atoms with Crippen LogP contribution in [0.4, 0.5) is 0 Å². The Kier molecular flexibility index (Phi) is 7.54. The first-order valence-corrected chi connectivity index (χ1v) is 9.84. The van der Waals surface area contributed by atoms with Gasteiger partial charge in [0.25, 0.3) is 0 Å². The van der Waals surface area contributed by atoms with Crippen molar-refractivity contribution in [1.29, 1.82) is 0 Å². The van der Waals surface area contributed by atoms with Crippen LogP contribution in [0.3, 0.4) is 0 Å². The highest BCUT2D eigenvalue weighted by Gasteiger charge is 2.24. The molecule has 7 nitrogen and oxygen atoms in total. The third-order valence-electron chi connectivity index (χ3n) is 5.21. The highest BCUT2D eigenvalue weighted by atomic mass is 127. The molecule has 3 aromatic rings. The lowest BCUT2D eigenvalue weighted by atomic mass is 10.1. The van der Waals surface area contributed by atoms with E-state index >= 15 is 0 Å². The second kappa shape index (κ2) is 10.1. The number of aliphatic imine (C=N–C) groups is 1. The summed E-state index contributed by atoms with van der Waals surface area (Å²) in [5.41, 5.74) is 2.40. The van der Waals surface area contributed by atoms with Crippen LogP contribution in [0.15, 0.2) is 53.9 Å². The van der Waals surface area contributed by atoms with Gasteiger partial charge in [0.15, 0.2) is 5.96 Å². The Morgan fingerprint density at radius 2 is 2.17 bits per heavy atom. The Morgan fingerprint density at radius 3 is 2.97 bits per heavy atom. The normalized spacial score (nSPS) is 17.4. The third kappa shape index (κ3) is 5.11. The minimum absolute atomic E-state index is 0. The number of nitrogens with one attached hydrogen (secondary N) is 1. The molecule has 156 valence electrons. The fourth-order valence-electron chi connectivity index (χ4n) is 3.77. The van der Waals surface area contributed by atoms with E-state index in [0.29, 0.717) is 6.61 Å². The average molecular weight is 508 g/mol. The van der Waals surface area contributed by atoms with Crippen LogP contribution in [0, 0.1) is 0 Å². The smallest absolute Gasteiger partial charge is 0.193 e. The molecule has 0 bridgehead atoms. The minimum Gasteiger partial charge on any atom is -0.370 e. The maximum atomic E-state index is 5.94. The summed E-state index contributed by atoms with van der Waals surface area (Å²) in [6.07, 6.45) is 7.14. The van der Waals surface area contributed by atoms with E-state index in [1.165, 1.54) is 10.9 Å². The molecule has 1 unspecified atom stereocenters. The summed E-state index contributed by atoms with van der Waals surface area (Å²) in [4.78, 5) is 6.75. The van der Waals surface area contributed by atoms with Crippen molar-refractivity contribution in [3.05, 3.63) is 54.5 Å². The first-order valence-electron chi connectivity index (χ1n) is 9.84. The maximum absolute atomic E-state index is 5.94. The molecule has 0 amide bonds. The van der Waals surface area contributed by atoms with Crippen molar-refractivity contribution in [2.75, 3.05) is 33.3 Å². The summed E-state index contributed by atoms with van der Waals surface area (Å²) in [6.45, 7) is 4.19. The third-order valence-corrected chi connectivity index (χ3v) is 5.21. The lowest BCUT2D eigenvalue weighted by Gasteiger charge is -2.34. The topological polar surface area (TPSA) is 59.6 Å². The number of rotatable bonds is 5. The number of para-hydroxylation sites is 1. The molecule has 3 heterocycles. The summed E-state index contributed by atoms with van der Waals surface area (Å²) in [6, 6.07) is 10.7. The van der Waals surface area contributed by atoms with E-state index in [0.717, 1.165) is 44.1 Å². The number of benzene rings is 1. The van der Waals surface area contributed by atoms with Crippen LogP contribution in [0.25, 0.3) is 10.9 Å². The summed E-state index contributed by atoms with van der Waals surface area (Å²) >= 11 is 0. The predicted molar refractivity (Wildman–Crippen MR) is 127 cm³/mol. The molecule has 8 heteroatoms. The van der Waals surface area contributed by atoms with Crippen molar-refractivity contribution in [2.45, 2.75) is 19.1 Å². The van der Waals surface area contributed by atoms with Crippen LogP contribution < -0.4 is 5.32 Å². The molecule has 1 aliphatic heterocycles. The van der Waals surface area contributed by atoms with Crippen molar-refractivity contribution >= 4 is 40.8 Å². The molecular weight excluding hydrogens is 479 g/mol. The van der Waals surface area contributed by atoms with Crippen molar-refractivity contribution in [3.8, 4) is 0 Å². The monoisotopic (exact) mass is 508 g/mol. The lowest BCUT2D eigenvalue weighted by Crippen LogP contribution is -2.48. The summed E-state index contributed by atoms with van der Waals surface area (Å²) in [5, 5.41) is 9.06. The van der Waals surface area contributed by atoms with Gasteiger partial charge in [0.05, 0.1) is 19.3 Å². The fraction of sp³-hybridized carbons (Fsp3) is 0.429. The highest BCUT2D eigenvalue weighted by molar-refractivity contribution is 14.0. The van der Waals surface area contributed by atoms with Gasteiger partial charge >= 0.3 is 0 Å². The number of nitrogens with zero attached hydrogens (tertiary/aromatic N) is 5. The Balaban J connectivity index is 0.00000240. The zero-order chi connectivity index (χ0) is 19.3. The number of guanidine groups is 1. The van der Waals surface area contributed by atoms with Gasteiger partial charge in [-0.3, -0.25) is 9.67 Å². The molecule has 0 saturated carbocycles. The van der Waals surface area contributed by atoms with Gasteiger partial charge < -0.3 is 19.5 Å². The molecule has 29 heavy (non-hydrogen) atoms. The van der Waals surface area contributed by atoms with E-state index in [1.54, 1.807) is 0 Å². The van der Waals surface area contributed by atoms with E-state index in [9.17, 15) is 0 Å². The van der Waals surface area contributed by atoms with Crippen molar-refractivity contribution in [3.63, 3.8) is 0 Å². The number of morpholine rings is 1. The van der Waals surface area contributed by atoms with Crippen LogP contribution >= 0.6 is 24.0 Å². The van der Waals surface area contributed by atoms with Gasteiger partial charge in [-0.25, -0.2) is 0 Å². The van der Waals surface area contributed by atoms with Crippen LogP contribution in [-0.2, 0) is 18.3 Å². The first-order chi connectivity index (χ1) is 13.7. The van der Waals surface area contributed by atoms with E-state index in [-0.39, 0.29) is 30.1 Å². The Bertz CT molecular complexity index is 949. The van der Waals surface area contributed by atoms with Gasteiger partial charge in [0, 0.05) is 57.2 Å². The molecular formula is C21H29IN6O. The maximum Gasteiger partial charge on any atom is 0.193 e. The predicted octanol–water partition coefficient (Wildman–Crippen LogP) is 3.03. The molecule has 1 aromatic carbocycles. The molecule has 0 aliphatic carbocycles. The zero-order valence-corrected chi connectivity index (χ0v) is 19.3. The summed E-state index contributed by atoms with van der Waals surface area (Å²) < 4.78 is 10.1. The van der Waals surface area contributed by atoms with E-state index in [4.69, 9.17) is 4.74 Å². The van der Waals surface area contributed by atoms with Crippen molar-refractivity contribution in [2.24, 2.45) is 12.0 Å². The average Bonchev–Trinajstić information content (AvgIpc) is 3.35. The van der Waals surface area contributed by atoms with Gasteiger partial charge in [0.2, 0.25) is 0 Å².